The Labute approximate surface area is 102 Å². The van der Waals surface area contributed by atoms with Gasteiger partial charge in [-0.05, 0) is 31.9 Å². The number of rotatable bonds is 2. The Morgan fingerprint density at radius 2 is 2.18 bits per heavy atom. The van der Waals surface area contributed by atoms with E-state index in [1.807, 2.05) is 19.9 Å². The molecular weight excluding hydrogens is 216 g/mol. The normalized spacial score (nSPS) is 24.3. The Hall–Kier alpha value is -1.51. The van der Waals surface area contributed by atoms with Crippen LogP contribution in [0.25, 0.3) is 0 Å². The zero-order valence-corrected chi connectivity index (χ0v) is 10.5. The van der Waals surface area contributed by atoms with E-state index in [-0.39, 0.29) is 18.0 Å². The van der Waals surface area contributed by atoms with Gasteiger partial charge in [-0.3, -0.25) is 4.79 Å². The molecule has 0 bridgehead atoms. The molecule has 1 saturated heterocycles. The summed E-state index contributed by atoms with van der Waals surface area (Å²) < 4.78 is 10.7. The molecule has 0 unspecified atom stereocenters. The minimum absolute atomic E-state index is 0.0761. The molecule has 0 N–H and O–H groups in total. The zero-order valence-electron chi connectivity index (χ0n) is 10.5. The van der Waals surface area contributed by atoms with Gasteiger partial charge in [-0.1, -0.05) is 12.1 Å². The fourth-order valence-electron chi connectivity index (χ4n) is 2.39. The van der Waals surface area contributed by atoms with Gasteiger partial charge in [-0.25, -0.2) is 0 Å². The number of aryl methyl sites for hydroxylation is 1. The number of ether oxygens (including phenoxy) is 2. The fraction of sp³-hybridized carbons (Fsp3) is 0.500. The van der Waals surface area contributed by atoms with Crippen LogP contribution in [0.1, 0.15) is 36.8 Å². The lowest BCUT2D eigenvalue weighted by Crippen LogP contribution is -2.28. The van der Waals surface area contributed by atoms with Crippen molar-refractivity contribution in [2.75, 3.05) is 7.11 Å². The molecule has 1 aromatic rings. The molecule has 1 aromatic carbocycles. The first-order valence-electron chi connectivity index (χ1n) is 5.96. The van der Waals surface area contributed by atoms with E-state index in [1.54, 1.807) is 7.11 Å². The Kier molecular flexibility index (Phi) is 3.36. The van der Waals surface area contributed by atoms with E-state index >= 15 is 0 Å². The van der Waals surface area contributed by atoms with Crippen LogP contribution >= 0.6 is 0 Å². The summed E-state index contributed by atoms with van der Waals surface area (Å²) in [5, 5.41) is 0. The van der Waals surface area contributed by atoms with Gasteiger partial charge >= 0.3 is 5.97 Å². The van der Waals surface area contributed by atoms with Crippen molar-refractivity contribution in [2.45, 2.75) is 38.7 Å². The number of carbonyl (C=O) groups is 1. The summed E-state index contributed by atoms with van der Waals surface area (Å²) in [6.45, 7) is 3.98. The second-order valence-corrected chi connectivity index (χ2v) is 4.59. The van der Waals surface area contributed by atoms with Crippen molar-refractivity contribution in [1.82, 2.24) is 0 Å². The molecule has 0 radical (unpaired) electrons. The molecule has 2 atom stereocenters. The second kappa shape index (κ2) is 4.78. The molecule has 92 valence electrons. The molecule has 0 saturated carbocycles. The van der Waals surface area contributed by atoms with Gasteiger partial charge in [-0.15, -0.1) is 0 Å². The van der Waals surface area contributed by atoms with E-state index in [2.05, 4.69) is 12.1 Å². The molecule has 2 rings (SSSR count). The Morgan fingerprint density at radius 3 is 2.82 bits per heavy atom. The van der Waals surface area contributed by atoms with Gasteiger partial charge in [0.05, 0.1) is 7.11 Å². The highest BCUT2D eigenvalue weighted by Gasteiger charge is 2.30. The lowest BCUT2D eigenvalue weighted by atomic mass is 9.87. The van der Waals surface area contributed by atoms with Crippen LogP contribution in [0.4, 0.5) is 0 Å². The first-order chi connectivity index (χ1) is 8.11. The molecule has 0 aromatic heterocycles. The van der Waals surface area contributed by atoms with E-state index in [0.29, 0.717) is 6.42 Å². The number of hydrogen-bond donors (Lipinski definition) is 0. The molecule has 1 heterocycles. The lowest BCUT2D eigenvalue weighted by molar-refractivity contribution is -0.154. The van der Waals surface area contributed by atoms with Crippen LogP contribution < -0.4 is 4.74 Å². The highest BCUT2D eigenvalue weighted by molar-refractivity contribution is 5.70. The van der Waals surface area contributed by atoms with Gasteiger partial charge in [-0.2, -0.15) is 0 Å². The van der Waals surface area contributed by atoms with Crippen molar-refractivity contribution in [3.8, 4) is 5.75 Å². The Morgan fingerprint density at radius 1 is 1.41 bits per heavy atom. The van der Waals surface area contributed by atoms with Gasteiger partial charge in [0.25, 0.3) is 0 Å². The topological polar surface area (TPSA) is 35.5 Å². The largest absolute Gasteiger partial charge is 0.496 e. The molecule has 1 aliphatic heterocycles. The smallest absolute Gasteiger partial charge is 0.306 e. The van der Waals surface area contributed by atoms with Crippen LogP contribution in [-0.2, 0) is 9.53 Å². The summed E-state index contributed by atoms with van der Waals surface area (Å²) in [6.07, 6.45) is 1.25. The lowest BCUT2D eigenvalue weighted by Gasteiger charge is -2.29. The van der Waals surface area contributed by atoms with Gasteiger partial charge < -0.3 is 9.47 Å². The Balaban J connectivity index is 2.30. The maximum Gasteiger partial charge on any atom is 0.306 e. The van der Waals surface area contributed by atoms with E-state index < -0.39 is 0 Å². The number of carbonyl (C=O) groups excluding carboxylic acids is 1. The molecule has 1 fully saturated rings. The average Bonchev–Trinajstić information content (AvgIpc) is 2.30. The quantitative estimate of drug-likeness (QED) is 0.738. The predicted octanol–water partition coefficient (Wildman–Crippen LogP) is 2.81. The van der Waals surface area contributed by atoms with E-state index in [4.69, 9.17) is 9.47 Å². The van der Waals surface area contributed by atoms with Crippen molar-refractivity contribution >= 4 is 5.97 Å². The molecular formula is C14H18O3. The minimum atomic E-state index is -0.0974. The predicted molar refractivity (Wildman–Crippen MR) is 65.3 cm³/mol. The first kappa shape index (κ1) is 12.0. The fourth-order valence-corrected chi connectivity index (χ4v) is 2.39. The van der Waals surface area contributed by atoms with Gasteiger partial charge in [0.1, 0.15) is 11.9 Å². The van der Waals surface area contributed by atoms with Crippen LogP contribution in [0.3, 0.4) is 0 Å². The highest BCUT2D eigenvalue weighted by Crippen LogP contribution is 2.36. The van der Waals surface area contributed by atoms with E-state index in [0.717, 1.165) is 17.7 Å². The summed E-state index contributed by atoms with van der Waals surface area (Å²) in [5.74, 6) is 1.03. The van der Waals surface area contributed by atoms with E-state index in [1.165, 1.54) is 5.56 Å². The third-order valence-electron chi connectivity index (χ3n) is 3.33. The number of benzene rings is 1. The molecule has 3 heteroatoms. The van der Waals surface area contributed by atoms with Crippen LogP contribution in [-0.4, -0.2) is 19.2 Å². The summed E-state index contributed by atoms with van der Waals surface area (Å²) in [4.78, 5) is 11.2. The van der Waals surface area contributed by atoms with Crippen molar-refractivity contribution in [3.05, 3.63) is 29.3 Å². The van der Waals surface area contributed by atoms with Crippen molar-refractivity contribution < 1.29 is 14.3 Å². The van der Waals surface area contributed by atoms with Crippen LogP contribution in [0, 0.1) is 6.92 Å². The van der Waals surface area contributed by atoms with Crippen LogP contribution in [0.5, 0.6) is 5.75 Å². The van der Waals surface area contributed by atoms with Crippen molar-refractivity contribution in [2.24, 2.45) is 0 Å². The van der Waals surface area contributed by atoms with Crippen molar-refractivity contribution in [3.63, 3.8) is 0 Å². The SMILES string of the molecule is COc1cc(C)ccc1[C@H]1CCC(=O)O[C@@H]1C. The molecule has 3 nitrogen and oxygen atoms in total. The first-order valence-corrected chi connectivity index (χ1v) is 5.96. The third-order valence-corrected chi connectivity index (χ3v) is 3.33. The number of cyclic esters (lactones) is 1. The number of esters is 1. The van der Waals surface area contributed by atoms with Crippen LogP contribution in [0.2, 0.25) is 0 Å². The molecule has 0 amide bonds. The standard InChI is InChI=1S/C14H18O3/c1-9-4-5-12(13(8-9)16-3)11-6-7-14(15)17-10(11)2/h4-5,8,10-11H,6-7H2,1-3H3/t10-,11+/m1/s1. The van der Waals surface area contributed by atoms with E-state index in [9.17, 15) is 4.79 Å². The molecule has 0 aliphatic carbocycles. The summed E-state index contributed by atoms with van der Waals surface area (Å²) in [5.41, 5.74) is 2.31. The molecule has 1 aliphatic rings. The average molecular weight is 234 g/mol. The zero-order chi connectivity index (χ0) is 12.4. The maximum atomic E-state index is 11.2. The summed E-state index contributed by atoms with van der Waals surface area (Å²) >= 11 is 0. The Bertz CT molecular complexity index is 425. The van der Waals surface area contributed by atoms with Crippen molar-refractivity contribution in [1.29, 1.82) is 0 Å². The van der Waals surface area contributed by atoms with Gasteiger partial charge in [0.15, 0.2) is 0 Å². The van der Waals surface area contributed by atoms with Crippen LogP contribution in [0.15, 0.2) is 18.2 Å². The monoisotopic (exact) mass is 234 g/mol. The second-order valence-electron chi connectivity index (χ2n) is 4.59. The molecule has 0 spiro atoms. The summed E-state index contributed by atoms with van der Waals surface area (Å²) in [6, 6.07) is 6.17. The summed E-state index contributed by atoms with van der Waals surface area (Å²) in [7, 11) is 1.68. The van der Waals surface area contributed by atoms with Gasteiger partial charge in [0, 0.05) is 17.9 Å². The number of hydrogen-bond acceptors (Lipinski definition) is 3. The third kappa shape index (κ3) is 2.43. The molecule has 17 heavy (non-hydrogen) atoms. The highest BCUT2D eigenvalue weighted by atomic mass is 16.5. The number of methoxy groups -OCH3 is 1. The maximum absolute atomic E-state index is 11.2. The van der Waals surface area contributed by atoms with Gasteiger partial charge in [0.2, 0.25) is 0 Å². The minimum Gasteiger partial charge on any atom is -0.496 e.